The topological polar surface area (TPSA) is 86.3 Å². The largest absolute Gasteiger partial charge is 0.480 e. The van der Waals surface area contributed by atoms with Crippen LogP contribution in [0, 0.1) is 5.92 Å². The van der Waals surface area contributed by atoms with Crippen LogP contribution in [0.1, 0.15) is 25.3 Å². The highest BCUT2D eigenvalue weighted by molar-refractivity contribution is 6.76. The number of carboxylic acids is 1. The van der Waals surface area contributed by atoms with Crippen LogP contribution < -0.4 is 5.56 Å². The van der Waals surface area contributed by atoms with E-state index in [4.69, 9.17) is 4.74 Å². The van der Waals surface area contributed by atoms with Crippen molar-refractivity contribution < 1.29 is 14.6 Å². The summed E-state index contributed by atoms with van der Waals surface area (Å²) >= 11 is 0. The molecule has 1 saturated carbocycles. The van der Waals surface area contributed by atoms with E-state index >= 15 is 0 Å². The van der Waals surface area contributed by atoms with Gasteiger partial charge in [0.05, 0.1) is 11.8 Å². The van der Waals surface area contributed by atoms with E-state index in [0.717, 1.165) is 18.9 Å². The Bertz CT molecular complexity index is 848. The Hall–Kier alpha value is -1.93. The lowest BCUT2D eigenvalue weighted by atomic mass is 10.1. The molecule has 8 heteroatoms. The number of rotatable bonds is 9. The minimum atomic E-state index is -1.17. The van der Waals surface area contributed by atoms with E-state index in [-0.39, 0.29) is 12.3 Å². The third-order valence-electron chi connectivity index (χ3n) is 4.80. The van der Waals surface area contributed by atoms with Crippen LogP contribution in [0.4, 0.5) is 0 Å². The summed E-state index contributed by atoms with van der Waals surface area (Å²) in [5.74, 6) is -0.552. The molecule has 0 amide bonds. The van der Waals surface area contributed by atoms with Crippen LogP contribution in [0.5, 0.6) is 0 Å². The number of hydrogen-bond acceptors (Lipinski definition) is 4. The lowest BCUT2D eigenvalue weighted by Crippen LogP contribution is -2.31. The van der Waals surface area contributed by atoms with Crippen LogP contribution >= 0.6 is 0 Å². The van der Waals surface area contributed by atoms with Crippen molar-refractivity contribution in [3.8, 4) is 0 Å². The van der Waals surface area contributed by atoms with Crippen LogP contribution in [0.15, 0.2) is 23.4 Å². The summed E-state index contributed by atoms with van der Waals surface area (Å²) in [6.07, 6.45) is 5.73. The number of pyridine rings is 1. The predicted octanol–water partition coefficient (Wildman–Crippen LogP) is 2.94. The molecule has 1 aliphatic rings. The Morgan fingerprint density at radius 1 is 1.42 bits per heavy atom. The van der Waals surface area contributed by atoms with Crippen molar-refractivity contribution in [2.24, 2.45) is 5.92 Å². The lowest BCUT2D eigenvalue weighted by Gasteiger charge is -2.17. The molecule has 7 nitrogen and oxygen atoms in total. The highest BCUT2D eigenvalue weighted by Gasteiger charge is 2.31. The molecule has 3 rings (SSSR count). The Morgan fingerprint density at radius 3 is 2.77 bits per heavy atom. The number of aromatic nitrogens is 3. The van der Waals surface area contributed by atoms with E-state index < -0.39 is 20.1 Å². The van der Waals surface area contributed by atoms with Crippen LogP contribution in [0.3, 0.4) is 0 Å². The molecule has 0 aromatic carbocycles. The molecule has 2 heterocycles. The fourth-order valence-corrected chi connectivity index (χ4v) is 3.74. The summed E-state index contributed by atoms with van der Waals surface area (Å²) in [4.78, 5) is 28.9. The molecule has 2 aromatic rings. The molecular formula is C18H27N3O4Si. The smallest absolute Gasteiger partial charge is 0.326 e. The van der Waals surface area contributed by atoms with Gasteiger partial charge in [-0.1, -0.05) is 32.5 Å². The first-order chi connectivity index (χ1) is 12.3. The van der Waals surface area contributed by atoms with Crippen molar-refractivity contribution in [2.75, 3.05) is 6.61 Å². The molecule has 1 N–H and O–H groups in total. The molecule has 1 aliphatic carbocycles. The zero-order chi connectivity index (χ0) is 18.9. The molecule has 0 bridgehead atoms. The van der Waals surface area contributed by atoms with Gasteiger partial charge in [-0.25, -0.2) is 9.78 Å². The number of hydrogen-bond donors (Lipinski definition) is 1. The van der Waals surface area contributed by atoms with E-state index in [0.29, 0.717) is 30.0 Å². The standard InChI is InChI=1S/C18H27N3O4Si/c1-26(2,3)9-8-25-12-20-11-19-14-6-7-21(17(22)16(14)20)15(18(23)24)10-13-4-5-13/h6-7,11,13,15H,4-5,8-10,12H2,1-3H3,(H,23,24). The van der Waals surface area contributed by atoms with Crippen molar-refractivity contribution in [1.82, 2.24) is 14.1 Å². The van der Waals surface area contributed by atoms with Gasteiger partial charge >= 0.3 is 5.97 Å². The van der Waals surface area contributed by atoms with Gasteiger partial charge in [0.1, 0.15) is 18.3 Å². The average Bonchev–Trinajstić information content (AvgIpc) is 3.27. The van der Waals surface area contributed by atoms with E-state index in [1.165, 1.54) is 4.57 Å². The monoisotopic (exact) mass is 377 g/mol. The molecule has 1 unspecified atom stereocenters. The van der Waals surface area contributed by atoms with Gasteiger partial charge in [0, 0.05) is 20.9 Å². The Balaban J connectivity index is 1.82. The summed E-state index contributed by atoms with van der Waals surface area (Å²) in [6.45, 7) is 7.76. The van der Waals surface area contributed by atoms with Gasteiger partial charge in [-0.3, -0.25) is 9.36 Å². The Kier molecular flexibility index (Phi) is 5.33. The van der Waals surface area contributed by atoms with Crippen molar-refractivity contribution in [1.29, 1.82) is 0 Å². The summed E-state index contributed by atoms with van der Waals surface area (Å²) in [7, 11) is -1.17. The number of carbonyl (C=O) groups is 1. The fourth-order valence-electron chi connectivity index (χ4n) is 2.98. The first-order valence-corrected chi connectivity index (χ1v) is 12.8. The van der Waals surface area contributed by atoms with Crippen LogP contribution in [-0.4, -0.2) is 39.9 Å². The Morgan fingerprint density at radius 2 is 2.15 bits per heavy atom. The quantitative estimate of drug-likeness (QED) is 0.536. The second kappa shape index (κ2) is 7.36. The second-order valence-corrected chi connectivity index (χ2v) is 14.0. The molecule has 0 spiro atoms. The van der Waals surface area contributed by atoms with Gasteiger partial charge in [-0.15, -0.1) is 0 Å². The summed E-state index contributed by atoms with van der Waals surface area (Å²) < 4.78 is 8.74. The minimum Gasteiger partial charge on any atom is -0.480 e. The average molecular weight is 378 g/mol. The highest BCUT2D eigenvalue weighted by Crippen LogP contribution is 2.36. The number of fused-ring (bicyclic) bond motifs is 1. The zero-order valence-electron chi connectivity index (χ0n) is 15.6. The first kappa shape index (κ1) is 18.8. The summed E-state index contributed by atoms with van der Waals surface area (Å²) in [5.41, 5.74) is 0.653. The van der Waals surface area contributed by atoms with E-state index in [1.807, 2.05) is 0 Å². The maximum atomic E-state index is 12.9. The fraction of sp³-hybridized carbons (Fsp3) is 0.611. The zero-order valence-corrected chi connectivity index (χ0v) is 16.6. The van der Waals surface area contributed by atoms with Crippen molar-refractivity contribution in [3.05, 3.63) is 28.9 Å². The first-order valence-electron chi connectivity index (χ1n) is 9.13. The number of imidazole rings is 1. The van der Waals surface area contributed by atoms with E-state index in [1.54, 1.807) is 23.2 Å². The van der Waals surface area contributed by atoms with Gasteiger partial charge in [-0.2, -0.15) is 0 Å². The predicted molar refractivity (Wildman–Crippen MR) is 102 cm³/mol. The van der Waals surface area contributed by atoms with E-state index in [9.17, 15) is 14.7 Å². The minimum absolute atomic E-state index is 0.251. The van der Waals surface area contributed by atoms with Gasteiger partial charge in [0.15, 0.2) is 0 Å². The molecule has 0 radical (unpaired) electrons. The van der Waals surface area contributed by atoms with Crippen molar-refractivity contribution in [3.63, 3.8) is 0 Å². The van der Waals surface area contributed by atoms with Crippen molar-refractivity contribution in [2.45, 2.75) is 57.7 Å². The van der Waals surface area contributed by atoms with Crippen LogP contribution in [0.2, 0.25) is 25.7 Å². The molecule has 2 aromatic heterocycles. The van der Waals surface area contributed by atoms with Crippen LogP contribution in [0.25, 0.3) is 11.0 Å². The third-order valence-corrected chi connectivity index (χ3v) is 6.50. The SMILES string of the molecule is C[Si](C)(C)CCOCn1cnc2ccn(C(CC3CC3)C(=O)O)c(=O)c21. The summed E-state index contributed by atoms with van der Waals surface area (Å²) in [6, 6.07) is 1.93. The van der Waals surface area contributed by atoms with Gasteiger partial charge in [0.2, 0.25) is 0 Å². The molecule has 0 aliphatic heterocycles. The molecular weight excluding hydrogens is 350 g/mol. The van der Waals surface area contributed by atoms with Crippen molar-refractivity contribution >= 4 is 25.1 Å². The number of ether oxygens (including phenoxy) is 1. The number of carboxylic acid groups (broad SMARTS) is 1. The maximum absolute atomic E-state index is 12.9. The molecule has 1 atom stereocenters. The van der Waals surface area contributed by atoms with Crippen LogP contribution in [-0.2, 0) is 16.3 Å². The van der Waals surface area contributed by atoms with E-state index in [2.05, 4.69) is 24.6 Å². The molecule has 0 saturated heterocycles. The molecule has 1 fully saturated rings. The normalized spacial score (nSPS) is 16.1. The molecule has 26 heavy (non-hydrogen) atoms. The highest BCUT2D eigenvalue weighted by atomic mass is 28.3. The van der Waals surface area contributed by atoms with Gasteiger partial charge in [-0.05, 0) is 24.4 Å². The lowest BCUT2D eigenvalue weighted by molar-refractivity contribution is -0.141. The number of nitrogens with zero attached hydrogens (tertiary/aromatic N) is 3. The summed E-state index contributed by atoms with van der Waals surface area (Å²) in [5, 5.41) is 9.57. The van der Waals surface area contributed by atoms with Gasteiger partial charge in [0.25, 0.3) is 5.56 Å². The maximum Gasteiger partial charge on any atom is 0.326 e. The number of aliphatic carboxylic acids is 1. The third kappa shape index (κ3) is 4.42. The second-order valence-electron chi connectivity index (χ2n) is 8.36. The van der Waals surface area contributed by atoms with Gasteiger partial charge < -0.3 is 14.4 Å². The Labute approximate surface area is 153 Å². The molecule has 142 valence electrons.